The van der Waals surface area contributed by atoms with Crippen LogP contribution < -0.4 is 9.47 Å². The molecule has 0 spiro atoms. The van der Waals surface area contributed by atoms with Gasteiger partial charge in [0.2, 0.25) is 6.79 Å². The molecule has 0 bridgehead atoms. The van der Waals surface area contributed by atoms with E-state index < -0.39 is 17.5 Å². The van der Waals surface area contributed by atoms with Gasteiger partial charge in [0.05, 0.1) is 13.5 Å². The Hall–Kier alpha value is -2.24. The second kappa shape index (κ2) is 3.65. The van der Waals surface area contributed by atoms with Crippen molar-refractivity contribution < 1.29 is 28.5 Å². The third kappa shape index (κ3) is 1.28. The lowest BCUT2D eigenvalue weighted by Gasteiger charge is -2.22. The molecule has 6 nitrogen and oxygen atoms in total. The van der Waals surface area contributed by atoms with Gasteiger partial charge in [-0.15, -0.1) is 0 Å². The molecule has 2 atom stereocenters. The van der Waals surface area contributed by atoms with Crippen LogP contribution in [0, 0.1) is 5.41 Å². The zero-order valence-corrected chi connectivity index (χ0v) is 10.8. The van der Waals surface area contributed by atoms with Crippen molar-refractivity contribution in [2.75, 3.05) is 13.9 Å². The summed E-state index contributed by atoms with van der Waals surface area (Å²) in [6, 6.07) is 3.65. The van der Waals surface area contributed by atoms with E-state index in [1.54, 1.807) is 6.07 Å². The molecule has 0 unspecified atom stereocenters. The van der Waals surface area contributed by atoms with Gasteiger partial charge in [0.15, 0.2) is 11.5 Å². The van der Waals surface area contributed by atoms with Gasteiger partial charge < -0.3 is 18.9 Å². The standard InChI is InChI=1S/C14H12O6/c1-17-13(16)14-4-7-2-9-10(19-6-18-9)3-8(7)12(14)20-11(15)5-14/h2-3,12H,4-6H2,1H3/t12-,14+/m1/s1. The molecule has 0 saturated carbocycles. The number of carbonyl (C=O) groups excluding carboxylic acids is 2. The number of carbonyl (C=O) groups is 2. The van der Waals surface area contributed by atoms with Crippen LogP contribution in [0.1, 0.15) is 23.7 Å². The Kier molecular flexibility index (Phi) is 2.11. The quantitative estimate of drug-likeness (QED) is 0.716. The monoisotopic (exact) mass is 276 g/mol. The van der Waals surface area contributed by atoms with Crippen LogP contribution in [-0.2, 0) is 25.5 Å². The smallest absolute Gasteiger partial charge is 0.316 e. The Morgan fingerprint density at radius 1 is 1.30 bits per heavy atom. The Bertz CT molecular complexity index is 637. The molecule has 2 aliphatic heterocycles. The fourth-order valence-electron chi connectivity index (χ4n) is 3.34. The molecule has 1 aliphatic carbocycles. The first-order chi connectivity index (χ1) is 9.64. The number of ether oxygens (including phenoxy) is 4. The predicted molar refractivity (Wildman–Crippen MR) is 64.2 cm³/mol. The van der Waals surface area contributed by atoms with E-state index in [9.17, 15) is 9.59 Å². The predicted octanol–water partition coefficient (Wildman–Crippen LogP) is 1.12. The number of fused-ring (bicyclic) bond motifs is 4. The molecule has 2 heterocycles. The van der Waals surface area contributed by atoms with E-state index in [4.69, 9.17) is 18.9 Å². The lowest BCUT2D eigenvalue weighted by Crippen LogP contribution is -2.33. The Balaban J connectivity index is 1.84. The molecule has 6 heteroatoms. The van der Waals surface area contributed by atoms with Gasteiger partial charge in [0, 0.05) is 5.56 Å². The molecule has 104 valence electrons. The summed E-state index contributed by atoms with van der Waals surface area (Å²) in [7, 11) is 1.33. The maximum Gasteiger partial charge on any atom is 0.316 e. The van der Waals surface area contributed by atoms with Gasteiger partial charge >= 0.3 is 11.9 Å². The minimum atomic E-state index is -0.941. The zero-order valence-electron chi connectivity index (χ0n) is 10.8. The topological polar surface area (TPSA) is 71.1 Å². The average molecular weight is 276 g/mol. The van der Waals surface area contributed by atoms with E-state index in [1.807, 2.05) is 6.07 Å². The highest BCUT2D eigenvalue weighted by molar-refractivity contribution is 5.89. The van der Waals surface area contributed by atoms with Gasteiger partial charge in [-0.05, 0) is 24.1 Å². The van der Waals surface area contributed by atoms with Crippen molar-refractivity contribution >= 4 is 11.9 Å². The summed E-state index contributed by atoms with van der Waals surface area (Å²) in [5, 5.41) is 0. The van der Waals surface area contributed by atoms with E-state index in [-0.39, 0.29) is 19.2 Å². The second-order valence-electron chi connectivity index (χ2n) is 5.28. The van der Waals surface area contributed by atoms with Gasteiger partial charge in [-0.3, -0.25) is 9.59 Å². The molecule has 1 aromatic carbocycles. The first-order valence-electron chi connectivity index (χ1n) is 6.34. The molecular formula is C14H12O6. The lowest BCUT2D eigenvalue weighted by atomic mass is 9.81. The summed E-state index contributed by atoms with van der Waals surface area (Å²) >= 11 is 0. The van der Waals surface area contributed by atoms with E-state index in [2.05, 4.69) is 0 Å². The van der Waals surface area contributed by atoms with Crippen molar-refractivity contribution in [2.45, 2.75) is 18.9 Å². The molecule has 3 aliphatic rings. The zero-order chi connectivity index (χ0) is 13.9. The van der Waals surface area contributed by atoms with Crippen molar-refractivity contribution in [2.24, 2.45) is 5.41 Å². The number of rotatable bonds is 1. The average Bonchev–Trinajstić information content (AvgIpc) is 3.07. The molecular weight excluding hydrogens is 264 g/mol. The van der Waals surface area contributed by atoms with E-state index >= 15 is 0 Å². The summed E-state index contributed by atoms with van der Waals surface area (Å²) in [6.45, 7) is 0.185. The highest BCUT2D eigenvalue weighted by atomic mass is 16.7. The van der Waals surface area contributed by atoms with Gasteiger partial charge in [0.25, 0.3) is 0 Å². The Morgan fingerprint density at radius 3 is 2.80 bits per heavy atom. The molecule has 1 fully saturated rings. The van der Waals surface area contributed by atoms with Crippen molar-refractivity contribution in [3.05, 3.63) is 23.3 Å². The third-order valence-corrected chi connectivity index (χ3v) is 4.23. The van der Waals surface area contributed by atoms with Crippen LogP contribution >= 0.6 is 0 Å². The van der Waals surface area contributed by atoms with Crippen LogP contribution in [0.4, 0.5) is 0 Å². The third-order valence-electron chi connectivity index (χ3n) is 4.23. The normalized spacial score (nSPS) is 28.9. The van der Waals surface area contributed by atoms with E-state index in [0.717, 1.165) is 11.1 Å². The molecule has 1 aromatic rings. The Labute approximate surface area is 114 Å². The fraction of sp³-hybridized carbons (Fsp3) is 0.429. The summed E-state index contributed by atoms with van der Waals surface area (Å²) in [5.41, 5.74) is 0.811. The van der Waals surface area contributed by atoms with Crippen LogP contribution in [0.5, 0.6) is 11.5 Å². The largest absolute Gasteiger partial charge is 0.468 e. The SMILES string of the molecule is COC(=O)[C@@]12CC(=O)O[C@@H]1c1cc3c(cc1C2)OCO3. The molecule has 0 aromatic heterocycles. The fourth-order valence-corrected chi connectivity index (χ4v) is 3.34. The van der Waals surface area contributed by atoms with Gasteiger partial charge in [-0.2, -0.15) is 0 Å². The van der Waals surface area contributed by atoms with Crippen molar-refractivity contribution in [1.82, 2.24) is 0 Å². The molecule has 0 amide bonds. The number of esters is 2. The Morgan fingerprint density at radius 2 is 2.05 bits per heavy atom. The highest BCUT2D eigenvalue weighted by Gasteiger charge is 2.60. The molecule has 20 heavy (non-hydrogen) atoms. The van der Waals surface area contributed by atoms with Gasteiger partial charge in [-0.25, -0.2) is 0 Å². The number of benzene rings is 1. The van der Waals surface area contributed by atoms with Crippen LogP contribution in [-0.4, -0.2) is 25.8 Å². The van der Waals surface area contributed by atoms with Gasteiger partial charge in [-0.1, -0.05) is 0 Å². The number of methoxy groups -OCH3 is 1. The van der Waals surface area contributed by atoms with Crippen LogP contribution in [0.2, 0.25) is 0 Å². The molecule has 1 saturated heterocycles. The minimum Gasteiger partial charge on any atom is -0.468 e. The summed E-state index contributed by atoms with van der Waals surface area (Å²) in [4.78, 5) is 23.8. The molecule has 0 N–H and O–H groups in total. The number of hydrogen-bond donors (Lipinski definition) is 0. The lowest BCUT2D eigenvalue weighted by molar-refractivity contribution is -0.155. The summed E-state index contributed by atoms with van der Waals surface area (Å²) < 4.78 is 20.9. The molecule has 0 radical (unpaired) electrons. The molecule has 4 rings (SSSR count). The number of hydrogen-bond acceptors (Lipinski definition) is 6. The van der Waals surface area contributed by atoms with Crippen molar-refractivity contribution in [3.63, 3.8) is 0 Å². The first kappa shape index (κ1) is 11.6. The summed E-state index contributed by atoms with van der Waals surface area (Å²) in [5.74, 6) is 0.498. The van der Waals surface area contributed by atoms with Gasteiger partial charge in [0.1, 0.15) is 11.5 Å². The summed E-state index contributed by atoms with van der Waals surface area (Å²) in [6.07, 6.45) is -0.125. The van der Waals surface area contributed by atoms with Crippen LogP contribution in [0.15, 0.2) is 12.1 Å². The highest BCUT2D eigenvalue weighted by Crippen LogP contribution is 2.57. The van der Waals surface area contributed by atoms with Crippen LogP contribution in [0.25, 0.3) is 0 Å². The second-order valence-corrected chi connectivity index (χ2v) is 5.28. The maximum absolute atomic E-state index is 12.2. The first-order valence-corrected chi connectivity index (χ1v) is 6.34. The van der Waals surface area contributed by atoms with Crippen molar-refractivity contribution in [1.29, 1.82) is 0 Å². The van der Waals surface area contributed by atoms with E-state index in [0.29, 0.717) is 17.9 Å². The maximum atomic E-state index is 12.2. The van der Waals surface area contributed by atoms with Crippen LogP contribution in [0.3, 0.4) is 0 Å². The van der Waals surface area contributed by atoms with Crippen molar-refractivity contribution in [3.8, 4) is 11.5 Å². The van der Waals surface area contributed by atoms with E-state index in [1.165, 1.54) is 7.11 Å². The minimum absolute atomic E-state index is 0.0470.